The Labute approximate surface area is 138 Å². The molecule has 1 unspecified atom stereocenters. The predicted octanol–water partition coefficient (Wildman–Crippen LogP) is 2.34. The standard InChI is InChI=1S/C17H26N2O3S/c1-11-9-12(2)16(13(3)10-11)23(21,22)19-14(4)17(20)18-15-7-5-6-8-15/h9-10,14-15,19H,5-8H2,1-4H3,(H,18,20). The summed E-state index contributed by atoms with van der Waals surface area (Å²) in [7, 11) is -3.73. The van der Waals surface area contributed by atoms with Crippen LogP contribution in [0.5, 0.6) is 0 Å². The largest absolute Gasteiger partial charge is 0.352 e. The van der Waals surface area contributed by atoms with Crippen LogP contribution in [0.4, 0.5) is 0 Å². The van der Waals surface area contributed by atoms with Gasteiger partial charge in [0.25, 0.3) is 0 Å². The highest BCUT2D eigenvalue weighted by molar-refractivity contribution is 7.89. The molecule has 1 fully saturated rings. The van der Waals surface area contributed by atoms with E-state index in [1.165, 1.54) is 0 Å². The second-order valence-corrected chi connectivity index (χ2v) is 8.21. The quantitative estimate of drug-likeness (QED) is 0.865. The number of benzene rings is 1. The third-order valence-electron chi connectivity index (χ3n) is 4.30. The van der Waals surface area contributed by atoms with Crippen molar-refractivity contribution in [3.63, 3.8) is 0 Å². The zero-order valence-electron chi connectivity index (χ0n) is 14.3. The highest BCUT2D eigenvalue weighted by atomic mass is 32.2. The highest BCUT2D eigenvalue weighted by Crippen LogP contribution is 2.22. The van der Waals surface area contributed by atoms with Gasteiger partial charge in [0.15, 0.2) is 0 Å². The van der Waals surface area contributed by atoms with E-state index in [2.05, 4.69) is 10.0 Å². The molecule has 5 nitrogen and oxygen atoms in total. The Hall–Kier alpha value is -1.40. The maximum atomic E-state index is 12.6. The Morgan fingerprint density at radius 3 is 2.17 bits per heavy atom. The van der Waals surface area contributed by atoms with E-state index < -0.39 is 16.1 Å². The lowest BCUT2D eigenvalue weighted by Gasteiger charge is -2.19. The Morgan fingerprint density at radius 2 is 1.65 bits per heavy atom. The molecule has 1 saturated carbocycles. The second-order valence-electron chi connectivity index (χ2n) is 6.56. The first kappa shape index (κ1) is 17.9. The van der Waals surface area contributed by atoms with Crippen LogP contribution in [0.15, 0.2) is 17.0 Å². The maximum Gasteiger partial charge on any atom is 0.241 e. The Bertz CT molecular complexity index is 669. The summed E-state index contributed by atoms with van der Waals surface area (Å²) in [6.45, 7) is 7.07. The third kappa shape index (κ3) is 4.32. The van der Waals surface area contributed by atoms with E-state index in [1.807, 2.05) is 19.1 Å². The van der Waals surface area contributed by atoms with Gasteiger partial charge in [-0.2, -0.15) is 4.72 Å². The Morgan fingerprint density at radius 1 is 1.13 bits per heavy atom. The van der Waals surface area contributed by atoms with Crippen molar-refractivity contribution in [2.75, 3.05) is 0 Å². The van der Waals surface area contributed by atoms with Crippen LogP contribution in [0.1, 0.15) is 49.3 Å². The summed E-state index contributed by atoms with van der Waals surface area (Å²) in [5.41, 5.74) is 2.41. The number of hydrogen-bond donors (Lipinski definition) is 2. The number of carbonyl (C=O) groups is 1. The van der Waals surface area contributed by atoms with Crippen molar-refractivity contribution >= 4 is 15.9 Å². The van der Waals surface area contributed by atoms with Gasteiger partial charge in [0, 0.05) is 6.04 Å². The molecule has 0 spiro atoms. The first-order valence-corrected chi connectivity index (χ1v) is 9.59. The zero-order chi connectivity index (χ0) is 17.2. The zero-order valence-corrected chi connectivity index (χ0v) is 15.1. The van der Waals surface area contributed by atoms with Crippen molar-refractivity contribution in [2.45, 2.75) is 70.4 Å². The minimum absolute atomic E-state index is 0.178. The summed E-state index contributed by atoms with van der Waals surface area (Å²) in [5, 5.41) is 2.93. The van der Waals surface area contributed by atoms with Crippen LogP contribution in [0, 0.1) is 20.8 Å². The van der Waals surface area contributed by atoms with E-state index in [4.69, 9.17) is 0 Å². The van der Waals surface area contributed by atoms with E-state index in [-0.39, 0.29) is 16.8 Å². The molecule has 1 aromatic rings. The molecule has 0 heterocycles. The molecule has 128 valence electrons. The lowest BCUT2D eigenvalue weighted by molar-refractivity contribution is -0.123. The van der Waals surface area contributed by atoms with Crippen LogP contribution < -0.4 is 10.0 Å². The van der Waals surface area contributed by atoms with Crippen molar-refractivity contribution in [3.05, 3.63) is 28.8 Å². The summed E-state index contributed by atoms with van der Waals surface area (Å²) in [6, 6.07) is 3.06. The summed E-state index contributed by atoms with van der Waals surface area (Å²) < 4.78 is 27.8. The minimum Gasteiger partial charge on any atom is -0.352 e. The smallest absolute Gasteiger partial charge is 0.241 e. The van der Waals surface area contributed by atoms with Crippen molar-refractivity contribution in [1.82, 2.24) is 10.0 Å². The molecule has 0 radical (unpaired) electrons. The van der Waals surface area contributed by atoms with Crippen LogP contribution in [0.3, 0.4) is 0 Å². The number of amides is 1. The fraction of sp³-hybridized carbons (Fsp3) is 0.588. The van der Waals surface area contributed by atoms with Gasteiger partial charge < -0.3 is 5.32 Å². The van der Waals surface area contributed by atoms with Crippen LogP contribution in [-0.4, -0.2) is 26.4 Å². The number of aryl methyl sites for hydroxylation is 3. The van der Waals surface area contributed by atoms with Gasteiger partial charge >= 0.3 is 0 Å². The number of hydrogen-bond acceptors (Lipinski definition) is 3. The van der Waals surface area contributed by atoms with Gasteiger partial charge in [-0.25, -0.2) is 8.42 Å². The lowest BCUT2D eigenvalue weighted by atomic mass is 10.1. The third-order valence-corrected chi connectivity index (χ3v) is 6.15. The molecule has 6 heteroatoms. The summed E-state index contributed by atoms with van der Waals surface area (Å²) in [6.07, 6.45) is 4.18. The van der Waals surface area contributed by atoms with Gasteiger partial charge in [-0.05, 0) is 51.7 Å². The Balaban J connectivity index is 2.12. The van der Waals surface area contributed by atoms with E-state index in [0.717, 1.165) is 31.2 Å². The van der Waals surface area contributed by atoms with Gasteiger partial charge in [0.1, 0.15) is 0 Å². The van der Waals surface area contributed by atoms with Crippen molar-refractivity contribution < 1.29 is 13.2 Å². The molecule has 1 aliphatic carbocycles. The minimum atomic E-state index is -3.73. The normalized spacial score (nSPS) is 17.2. The van der Waals surface area contributed by atoms with Crippen molar-refractivity contribution in [1.29, 1.82) is 0 Å². The van der Waals surface area contributed by atoms with Gasteiger partial charge in [-0.15, -0.1) is 0 Å². The van der Waals surface area contributed by atoms with Crippen LogP contribution in [0.25, 0.3) is 0 Å². The first-order chi connectivity index (χ1) is 10.7. The van der Waals surface area contributed by atoms with Crippen LogP contribution in [0.2, 0.25) is 0 Å². The Kier molecular flexibility index (Phi) is 5.47. The molecule has 23 heavy (non-hydrogen) atoms. The molecule has 1 atom stereocenters. The summed E-state index contributed by atoms with van der Waals surface area (Å²) in [5.74, 6) is -0.261. The van der Waals surface area contributed by atoms with E-state index in [9.17, 15) is 13.2 Å². The molecule has 0 aromatic heterocycles. The van der Waals surface area contributed by atoms with Crippen molar-refractivity contribution in [3.8, 4) is 0 Å². The summed E-state index contributed by atoms with van der Waals surface area (Å²) in [4.78, 5) is 12.5. The van der Waals surface area contributed by atoms with Gasteiger partial charge in [0.05, 0.1) is 10.9 Å². The monoisotopic (exact) mass is 338 g/mol. The topological polar surface area (TPSA) is 75.3 Å². The second kappa shape index (κ2) is 7.01. The van der Waals surface area contributed by atoms with E-state index in [0.29, 0.717) is 11.1 Å². The molecular formula is C17H26N2O3S. The molecule has 2 rings (SSSR count). The van der Waals surface area contributed by atoms with Gasteiger partial charge in [-0.3, -0.25) is 4.79 Å². The lowest BCUT2D eigenvalue weighted by Crippen LogP contribution is -2.47. The molecule has 1 aliphatic rings. The number of carbonyl (C=O) groups excluding carboxylic acids is 1. The summed E-state index contributed by atoms with van der Waals surface area (Å²) >= 11 is 0. The molecule has 1 aromatic carbocycles. The van der Waals surface area contributed by atoms with Gasteiger partial charge in [-0.1, -0.05) is 30.5 Å². The van der Waals surface area contributed by atoms with Crippen molar-refractivity contribution in [2.24, 2.45) is 0 Å². The molecular weight excluding hydrogens is 312 g/mol. The fourth-order valence-electron chi connectivity index (χ4n) is 3.33. The first-order valence-electron chi connectivity index (χ1n) is 8.11. The highest BCUT2D eigenvalue weighted by Gasteiger charge is 2.27. The maximum absolute atomic E-state index is 12.6. The average molecular weight is 338 g/mol. The number of sulfonamides is 1. The molecule has 2 N–H and O–H groups in total. The average Bonchev–Trinajstić information content (AvgIpc) is 2.88. The molecule has 0 bridgehead atoms. The molecule has 1 amide bonds. The van der Waals surface area contributed by atoms with Crippen LogP contribution in [-0.2, 0) is 14.8 Å². The SMILES string of the molecule is Cc1cc(C)c(S(=O)(=O)NC(C)C(=O)NC2CCCC2)c(C)c1. The number of rotatable bonds is 5. The van der Waals surface area contributed by atoms with Crippen LogP contribution >= 0.6 is 0 Å². The molecule has 0 saturated heterocycles. The predicted molar refractivity (Wildman–Crippen MR) is 90.8 cm³/mol. The van der Waals surface area contributed by atoms with E-state index >= 15 is 0 Å². The fourth-order valence-corrected chi connectivity index (χ4v) is 4.99. The molecule has 0 aliphatic heterocycles. The van der Waals surface area contributed by atoms with E-state index in [1.54, 1.807) is 20.8 Å². The number of nitrogens with one attached hydrogen (secondary N) is 2. The van der Waals surface area contributed by atoms with Gasteiger partial charge in [0.2, 0.25) is 15.9 Å².